The maximum atomic E-state index is 12.0. The summed E-state index contributed by atoms with van der Waals surface area (Å²) >= 11 is 0. The van der Waals surface area contributed by atoms with E-state index < -0.39 is 0 Å². The molecule has 1 fully saturated rings. The van der Waals surface area contributed by atoms with Crippen LogP contribution in [0.5, 0.6) is 0 Å². The Morgan fingerprint density at radius 3 is 2.37 bits per heavy atom. The van der Waals surface area contributed by atoms with Crippen LogP contribution in [0, 0.1) is 0 Å². The Hall–Kier alpha value is -1.15. The number of nitrogens with one attached hydrogen (secondary N) is 1. The number of carbonyl (C=O) groups is 1. The summed E-state index contributed by atoms with van der Waals surface area (Å²) in [6.07, 6.45) is 6.70. The molecule has 1 aliphatic rings. The summed E-state index contributed by atoms with van der Waals surface area (Å²) in [6, 6.07) is 8.64. The molecule has 1 aromatic rings. The molecule has 104 valence electrons. The van der Waals surface area contributed by atoms with Crippen molar-refractivity contribution in [2.45, 2.75) is 57.9 Å². The predicted molar refractivity (Wildman–Crippen MR) is 79.7 cm³/mol. The van der Waals surface area contributed by atoms with Crippen LogP contribution in [-0.2, 0) is 0 Å². The van der Waals surface area contributed by atoms with Crippen LogP contribution in [0.1, 0.15) is 67.8 Å². The van der Waals surface area contributed by atoms with Gasteiger partial charge >= 0.3 is 0 Å². The molecule has 19 heavy (non-hydrogen) atoms. The molecule has 2 heteroatoms. The smallest absolute Gasteiger partial charge is 0.176 e. The van der Waals surface area contributed by atoms with Gasteiger partial charge in [-0.15, -0.1) is 0 Å². The van der Waals surface area contributed by atoms with E-state index in [-0.39, 0.29) is 5.78 Å². The van der Waals surface area contributed by atoms with Crippen molar-refractivity contribution in [3.05, 3.63) is 35.4 Å². The van der Waals surface area contributed by atoms with Crippen LogP contribution < -0.4 is 5.32 Å². The highest BCUT2D eigenvalue weighted by atomic mass is 16.1. The molecule has 1 saturated carbocycles. The fourth-order valence-corrected chi connectivity index (χ4v) is 2.78. The summed E-state index contributed by atoms with van der Waals surface area (Å²) in [4.78, 5) is 12.0. The molecule has 0 unspecified atom stereocenters. The van der Waals surface area contributed by atoms with Gasteiger partial charge in [0.05, 0.1) is 6.54 Å². The van der Waals surface area contributed by atoms with Gasteiger partial charge in [-0.05, 0) is 24.3 Å². The van der Waals surface area contributed by atoms with Crippen LogP contribution in [0.3, 0.4) is 0 Å². The molecule has 0 saturated heterocycles. The average molecular weight is 259 g/mol. The summed E-state index contributed by atoms with van der Waals surface area (Å²) < 4.78 is 0. The minimum atomic E-state index is 0.184. The molecular formula is C17H25NO. The minimum Gasteiger partial charge on any atom is -0.307 e. The first-order chi connectivity index (χ1) is 9.16. The van der Waals surface area contributed by atoms with E-state index >= 15 is 0 Å². The highest BCUT2D eigenvalue weighted by Crippen LogP contribution is 2.32. The Morgan fingerprint density at radius 2 is 1.79 bits per heavy atom. The number of hydrogen-bond acceptors (Lipinski definition) is 2. The molecule has 1 N–H and O–H groups in total. The van der Waals surface area contributed by atoms with E-state index in [2.05, 4.69) is 31.3 Å². The molecule has 1 aliphatic carbocycles. The Morgan fingerprint density at radius 1 is 1.16 bits per heavy atom. The maximum absolute atomic E-state index is 12.0. The second kappa shape index (κ2) is 6.85. The molecule has 1 aromatic carbocycles. The zero-order valence-corrected chi connectivity index (χ0v) is 12.1. The zero-order valence-electron chi connectivity index (χ0n) is 12.1. The second-order valence-corrected chi connectivity index (χ2v) is 5.92. The van der Waals surface area contributed by atoms with E-state index in [4.69, 9.17) is 0 Å². The highest BCUT2D eigenvalue weighted by Gasteiger charge is 2.15. The van der Waals surface area contributed by atoms with Crippen LogP contribution in [0.4, 0.5) is 0 Å². The molecule has 0 spiro atoms. The van der Waals surface area contributed by atoms with Crippen LogP contribution in [-0.4, -0.2) is 18.4 Å². The third-order valence-corrected chi connectivity index (χ3v) is 3.98. The van der Waals surface area contributed by atoms with Crippen LogP contribution >= 0.6 is 0 Å². The van der Waals surface area contributed by atoms with E-state index in [9.17, 15) is 4.79 Å². The van der Waals surface area contributed by atoms with Gasteiger partial charge in [-0.1, -0.05) is 57.4 Å². The first kappa shape index (κ1) is 14.3. The van der Waals surface area contributed by atoms with E-state index in [0.29, 0.717) is 18.5 Å². The third kappa shape index (κ3) is 4.17. The summed E-state index contributed by atoms with van der Waals surface area (Å²) in [7, 11) is 0. The molecule has 0 heterocycles. The van der Waals surface area contributed by atoms with Gasteiger partial charge in [-0.25, -0.2) is 0 Å². The molecule has 0 amide bonds. The highest BCUT2D eigenvalue weighted by molar-refractivity contribution is 5.97. The quantitative estimate of drug-likeness (QED) is 0.812. The predicted octanol–water partition coefficient (Wildman–Crippen LogP) is 3.92. The van der Waals surface area contributed by atoms with E-state index in [1.165, 1.54) is 37.7 Å². The monoisotopic (exact) mass is 259 g/mol. The summed E-state index contributed by atoms with van der Waals surface area (Å²) in [5.41, 5.74) is 2.24. The van der Waals surface area contributed by atoms with Crippen molar-refractivity contribution in [2.24, 2.45) is 0 Å². The largest absolute Gasteiger partial charge is 0.307 e. The van der Waals surface area contributed by atoms with Gasteiger partial charge in [0.25, 0.3) is 0 Å². The van der Waals surface area contributed by atoms with Gasteiger partial charge in [-0.2, -0.15) is 0 Å². The first-order valence-electron chi connectivity index (χ1n) is 7.53. The van der Waals surface area contributed by atoms with E-state index in [0.717, 1.165) is 5.56 Å². The van der Waals surface area contributed by atoms with Crippen molar-refractivity contribution in [1.29, 1.82) is 0 Å². The normalized spacial score (nSPS) is 16.8. The summed E-state index contributed by atoms with van der Waals surface area (Å²) in [5.74, 6) is 0.899. The number of rotatable bonds is 5. The fourth-order valence-electron chi connectivity index (χ4n) is 2.78. The van der Waals surface area contributed by atoms with Crippen molar-refractivity contribution in [2.75, 3.05) is 6.54 Å². The van der Waals surface area contributed by atoms with Crippen molar-refractivity contribution >= 4 is 5.78 Å². The average Bonchev–Trinajstić information content (AvgIpc) is 2.46. The molecular weight excluding hydrogens is 234 g/mol. The van der Waals surface area contributed by atoms with Crippen LogP contribution in [0.2, 0.25) is 0 Å². The molecule has 2 rings (SSSR count). The van der Waals surface area contributed by atoms with Crippen molar-refractivity contribution < 1.29 is 4.79 Å². The number of benzene rings is 1. The number of Topliss-reactive ketones (excluding diaryl/α,β-unsaturated/α-hetero) is 1. The second-order valence-electron chi connectivity index (χ2n) is 5.92. The van der Waals surface area contributed by atoms with Crippen LogP contribution in [0.15, 0.2) is 24.3 Å². The van der Waals surface area contributed by atoms with Crippen molar-refractivity contribution in [3.8, 4) is 0 Å². The summed E-state index contributed by atoms with van der Waals surface area (Å²) in [6.45, 7) is 4.54. The lowest BCUT2D eigenvalue weighted by Crippen LogP contribution is -2.29. The lowest BCUT2D eigenvalue weighted by Gasteiger charge is -2.22. The molecule has 0 atom stereocenters. The Labute approximate surface area is 116 Å². The number of hydrogen-bond donors (Lipinski definition) is 1. The van der Waals surface area contributed by atoms with Gasteiger partial charge in [0.15, 0.2) is 5.78 Å². The number of carbonyl (C=O) groups excluding carboxylic acids is 1. The van der Waals surface area contributed by atoms with E-state index in [1.807, 2.05) is 12.1 Å². The van der Waals surface area contributed by atoms with Crippen molar-refractivity contribution in [1.82, 2.24) is 5.32 Å². The van der Waals surface area contributed by atoms with Gasteiger partial charge in [0.1, 0.15) is 0 Å². The Balaban J connectivity index is 1.95. The Kier molecular flexibility index (Phi) is 5.15. The standard InChI is InChI=1S/C17H25NO/c1-13(2)18-12-17(19)16-10-8-15(9-11-16)14-6-4-3-5-7-14/h8-11,13-14,18H,3-7,12H2,1-2H3. The third-order valence-electron chi connectivity index (χ3n) is 3.98. The fraction of sp³-hybridized carbons (Fsp3) is 0.588. The number of ketones is 1. The minimum absolute atomic E-state index is 0.184. The van der Waals surface area contributed by atoms with Gasteiger partial charge in [0.2, 0.25) is 0 Å². The summed E-state index contributed by atoms with van der Waals surface area (Å²) in [5, 5.41) is 3.17. The van der Waals surface area contributed by atoms with E-state index in [1.54, 1.807) is 0 Å². The maximum Gasteiger partial charge on any atom is 0.176 e. The molecule has 0 bridgehead atoms. The SMILES string of the molecule is CC(C)NCC(=O)c1ccc(C2CCCCC2)cc1. The van der Waals surface area contributed by atoms with Gasteiger partial charge in [-0.3, -0.25) is 4.79 Å². The lowest BCUT2D eigenvalue weighted by atomic mass is 9.84. The van der Waals surface area contributed by atoms with Gasteiger partial charge in [0, 0.05) is 11.6 Å². The molecule has 0 aliphatic heterocycles. The molecule has 2 nitrogen and oxygen atoms in total. The Bertz CT molecular complexity index is 402. The zero-order chi connectivity index (χ0) is 13.7. The molecule has 0 aromatic heterocycles. The molecule has 0 radical (unpaired) electrons. The topological polar surface area (TPSA) is 29.1 Å². The van der Waals surface area contributed by atoms with Crippen LogP contribution in [0.25, 0.3) is 0 Å². The lowest BCUT2D eigenvalue weighted by molar-refractivity contribution is 0.0988. The van der Waals surface area contributed by atoms with Crippen molar-refractivity contribution in [3.63, 3.8) is 0 Å². The van der Waals surface area contributed by atoms with Gasteiger partial charge < -0.3 is 5.32 Å². The first-order valence-corrected chi connectivity index (χ1v) is 7.53.